The Morgan fingerprint density at radius 2 is 1.31 bits per heavy atom. The molecule has 130 valence electrons. The van der Waals surface area contributed by atoms with E-state index in [9.17, 15) is 8.78 Å². The fourth-order valence-electron chi connectivity index (χ4n) is 2.81. The highest BCUT2D eigenvalue weighted by Gasteiger charge is 2.10. The number of benzene rings is 3. The van der Waals surface area contributed by atoms with E-state index in [-0.39, 0.29) is 5.69 Å². The second kappa shape index (κ2) is 8.13. The summed E-state index contributed by atoms with van der Waals surface area (Å²) in [4.78, 5) is 3.42. The summed E-state index contributed by atoms with van der Waals surface area (Å²) < 4.78 is 27.7. The average molecular weight is 365 g/mol. The standard InChI is InChI=1S/C22H17F2NS/c1-15-2-8-18(9-3-15)19-10-6-16(7-11-19)4-5-17-12-20(23)22(25-14-26)21(24)13-17/h2-3,6-13H,4-5H2,1H3. The van der Waals surface area contributed by atoms with Gasteiger partial charge in [-0.15, -0.1) is 0 Å². The molecule has 3 aromatic carbocycles. The lowest BCUT2D eigenvalue weighted by atomic mass is 9.99. The van der Waals surface area contributed by atoms with Crippen LogP contribution in [0, 0.1) is 18.6 Å². The molecule has 0 spiro atoms. The monoisotopic (exact) mass is 365 g/mol. The number of aliphatic imine (C=N–C) groups is 1. The molecule has 0 saturated carbocycles. The Balaban J connectivity index is 1.70. The fourth-order valence-corrected chi connectivity index (χ4v) is 2.90. The summed E-state index contributed by atoms with van der Waals surface area (Å²) in [5.41, 5.74) is 4.86. The normalized spacial score (nSPS) is 10.4. The highest BCUT2D eigenvalue weighted by molar-refractivity contribution is 7.78. The second-order valence-electron chi connectivity index (χ2n) is 6.17. The van der Waals surface area contributed by atoms with Crippen LogP contribution in [0.2, 0.25) is 0 Å². The average Bonchev–Trinajstić information content (AvgIpc) is 2.64. The maximum absolute atomic E-state index is 13.9. The van der Waals surface area contributed by atoms with Gasteiger partial charge in [-0.2, -0.15) is 4.99 Å². The maximum atomic E-state index is 13.9. The minimum atomic E-state index is -0.716. The van der Waals surface area contributed by atoms with Gasteiger partial charge in [-0.05, 0) is 66.4 Å². The molecule has 0 fully saturated rings. The molecule has 3 rings (SSSR count). The molecular weight excluding hydrogens is 348 g/mol. The van der Waals surface area contributed by atoms with Gasteiger partial charge in [-0.3, -0.25) is 0 Å². The lowest BCUT2D eigenvalue weighted by Gasteiger charge is -2.07. The van der Waals surface area contributed by atoms with Crippen molar-refractivity contribution in [2.24, 2.45) is 4.99 Å². The van der Waals surface area contributed by atoms with Crippen LogP contribution in [0.4, 0.5) is 14.5 Å². The van der Waals surface area contributed by atoms with Crippen LogP contribution >= 0.6 is 12.2 Å². The molecule has 0 heterocycles. The minimum absolute atomic E-state index is 0.383. The van der Waals surface area contributed by atoms with Gasteiger partial charge in [0.15, 0.2) is 11.6 Å². The molecular formula is C22H17F2NS. The zero-order chi connectivity index (χ0) is 18.5. The van der Waals surface area contributed by atoms with Gasteiger partial charge in [0.1, 0.15) is 5.69 Å². The van der Waals surface area contributed by atoms with E-state index < -0.39 is 11.6 Å². The quantitative estimate of drug-likeness (QED) is 0.373. The van der Waals surface area contributed by atoms with E-state index in [1.807, 2.05) is 17.3 Å². The van der Waals surface area contributed by atoms with Crippen molar-refractivity contribution >= 4 is 23.1 Å². The molecule has 0 N–H and O–H groups in total. The molecule has 3 aromatic rings. The van der Waals surface area contributed by atoms with Crippen LogP contribution in [-0.4, -0.2) is 5.16 Å². The number of aryl methyl sites for hydroxylation is 3. The van der Waals surface area contributed by atoms with Gasteiger partial charge in [-0.1, -0.05) is 54.1 Å². The first kappa shape index (κ1) is 18.1. The lowest BCUT2D eigenvalue weighted by Crippen LogP contribution is -1.94. The molecule has 0 aliphatic heterocycles. The predicted molar refractivity (Wildman–Crippen MR) is 105 cm³/mol. The number of hydrogen-bond donors (Lipinski definition) is 0. The molecule has 0 atom stereocenters. The van der Waals surface area contributed by atoms with Crippen LogP contribution in [0.3, 0.4) is 0 Å². The zero-order valence-corrected chi connectivity index (χ0v) is 15.1. The van der Waals surface area contributed by atoms with E-state index >= 15 is 0 Å². The summed E-state index contributed by atoms with van der Waals surface area (Å²) in [6.45, 7) is 2.06. The molecule has 0 saturated heterocycles. The Morgan fingerprint density at radius 1 is 0.808 bits per heavy atom. The van der Waals surface area contributed by atoms with Gasteiger partial charge in [-0.25, -0.2) is 8.78 Å². The summed E-state index contributed by atoms with van der Waals surface area (Å²) >= 11 is 4.40. The van der Waals surface area contributed by atoms with Crippen LogP contribution in [-0.2, 0) is 12.8 Å². The second-order valence-corrected chi connectivity index (χ2v) is 6.36. The van der Waals surface area contributed by atoms with Crippen molar-refractivity contribution in [3.05, 3.63) is 89.0 Å². The molecule has 26 heavy (non-hydrogen) atoms. The zero-order valence-electron chi connectivity index (χ0n) is 14.3. The smallest absolute Gasteiger partial charge is 0.152 e. The molecule has 1 nitrogen and oxygen atoms in total. The number of thiocarbonyl (C=S) groups is 1. The Kier molecular flexibility index (Phi) is 5.67. The van der Waals surface area contributed by atoms with Crippen LogP contribution in [0.25, 0.3) is 11.1 Å². The van der Waals surface area contributed by atoms with Gasteiger partial charge in [0.25, 0.3) is 0 Å². The Morgan fingerprint density at radius 3 is 1.85 bits per heavy atom. The largest absolute Gasteiger partial charge is 0.204 e. The molecule has 0 aromatic heterocycles. The van der Waals surface area contributed by atoms with Crippen LogP contribution in [0.15, 0.2) is 65.7 Å². The van der Waals surface area contributed by atoms with E-state index in [0.717, 1.165) is 11.1 Å². The number of isothiocyanates is 1. The first-order valence-corrected chi connectivity index (χ1v) is 8.69. The third-order valence-corrected chi connectivity index (χ3v) is 4.37. The van der Waals surface area contributed by atoms with E-state index in [2.05, 4.69) is 60.5 Å². The van der Waals surface area contributed by atoms with Crippen LogP contribution < -0.4 is 0 Å². The van der Waals surface area contributed by atoms with Crippen LogP contribution in [0.5, 0.6) is 0 Å². The van der Waals surface area contributed by atoms with Gasteiger partial charge in [0, 0.05) is 0 Å². The van der Waals surface area contributed by atoms with Crippen molar-refractivity contribution < 1.29 is 8.78 Å². The Hall–Kier alpha value is -2.68. The van der Waals surface area contributed by atoms with Gasteiger partial charge >= 0.3 is 0 Å². The number of halogens is 2. The summed E-state index contributed by atoms with van der Waals surface area (Å²) in [6.07, 6.45) is 1.24. The molecule has 0 aliphatic rings. The lowest BCUT2D eigenvalue weighted by molar-refractivity contribution is 0.584. The highest BCUT2D eigenvalue weighted by atomic mass is 32.1. The highest BCUT2D eigenvalue weighted by Crippen LogP contribution is 2.25. The Labute approximate surface area is 157 Å². The first-order valence-electron chi connectivity index (χ1n) is 8.28. The topological polar surface area (TPSA) is 12.4 Å². The molecule has 0 unspecified atom stereocenters. The third kappa shape index (κ3) is 4.29. The first-order chi connectivity index (χ1) is 12.6. The molecule has 0 radical (unpaired) electrons. The van der Waals surface area contributed by atoms with Crippen molar-refractivity contribution in [1.82, 2.24) is 0 Å². The van der Waals surface area contributed by atoms with Crippen molar-refractivity contribution in [2.45, 2.75) is 19.8 Å². The maximum Gasteiger partial charge on any atom is 0.152 e. The van der Waals surface area contributed by atoms with Crippen molar-refractivity contribution in [3.63, 3.8) is 0 Å². The van der Waals surface area contributed by atoms with Gasteiger partial charge < -0.3 is 0 Å². The molecule has 0 amide bonds. The number of hydrogen-bond acceptors (Lipinski definition) is 2. The van der Waals surface area contributed by atoms with Gasteiger partial charge in [0.2, 0.25) is 0 Å². The van der Waals surface area contributed by atoms with E-state index in [1.54, 1.807) is 0 Å². The summed E-state index contributed by atoms with van der Waals surface area (Å²) in [5, 5.41) is 1.99. The fraction of sp³-hybridized carbons (Fsp3) is 0.136. The summed E-state index contributed by atoms with van der Waals surface area (Å²) in [7, 11) is 0. The van der Waals surface area contributed by atoms with E-state index in [4.69, 9.17) is 0 Å². The van der Waals surface area contributed by atoms with Crippen molar-refractivity contribution in [1.29, 1.82) is 0 Å². The molecule has 0 aliphatic carbocycles. The SMILES string of the molecule is Cc1ccc(-c2ccc(CCc3cc(F)c(N=C=S)c(F)c3)cc2)cc1. The summed E-state index contributed by atoms with van der Waals surface area (Å²) in [5.74, 6) is -1.43. The molecule has 0 bridgehead atoms. The van der Waals surface area contributed by atoms with E-state index in [1.165, 1.54) is 23.3 Å². The minimum Gasteiger partial charge on any atom is -0.204 e. The van der Waals surface area contributed by atoms with Crippen molar-refractivity contribution in [2.75, 3.05) is 0 Å². The predicted octanol–water partition coefficient (Wildman–Crippen LogP) is 6.46. The third-order valence-electron chi connectivity index (χ3n) is 4.28. The summed E-state index contributed by atoms with van der Waals surface area (Å²) in [6, 6.07) is 19.2. The molecule has 4 heteroatoms. The van der Waals surface area contributed by atoms with E-state index in [0.29, 0.717) is 18.4 Å². The van der Waals surface area contributed by atoms with Gasteiger partial charge in [0.05, 0.1) is 5.16 Å². The van der Waals surface area contributed by atoms with Crippen LogP contribution in [0.1, 0.15) is 16.7 Å². The number of nitrogens with zero attached hydrogens (tertiary/aromatic N) is 1. The Bertz CT molecular complexity index is 933. The van der Waals surface area contributed by atoms with Crippen molar-refractivity contribution in [3.8, 4) is 11.1 Å². The number of rotatable bonds is 5.